The van der Waals surface area contributed by atoms with Crippen molar-refractivity contribution in [2.45, 2.75) is 24.9 Å². The maximum Gasteiger partial charge on any atom is 0.253 e. The molecule has 0 atom stereocenters. The zero-order valence-electron chi connectivity index (χ0n) is 16.7. The summed E-state index contributed by atoms with van der Waals surface area (Å²) in [5.74, 6) is 0.854. The zero-order chi connectivity index (χ0) is 20.3. The van der Waals surface area contributed by atoms with Crippen LogP contribution in [0, 0.1) is 0 Å². The van der Waals surface area contributed by atoms with E-state index in [0.717, 1.165) is 29.8 Å². The molecule has 0 bridgehead atoms. The maximum absolute atomic E-state index is 12.8. The predicted molar refractivity (Wildman–Crippen MR) is 110 cm³/mol. The number of benzene rings is 2. The molecule has 152 valence electrons. The number of anilines is 1. The van der Waals surface area contributed by atoms with Crippen molar-refractivity contribution in [2.24, 2.45) is 0 Å². The fraction of sp³-hybridized carbons (Fsp3) is 0.391. The molecule has 0 radical (unpaired) electrons. The summed E-state index contributed by atoms with van der Waals surface area (Å²) in [6.07, 6.45) is 1.82. The summed E-state index contributed by atoms with van der Waals surface area (Å²) >= 11 is 0. The number of morpholine rings is 1. The van der Waals surface area contributed by atoms with Crippen molar-refractivity contribution >= 4 is 17.5 Å². The lowest BCUT2D eigenvalue weighted by molar-refractivity contribution is -0.150. The molecule has 6 nitrogen and oxygen atoms in total. The summed E-state index contributed by atoms with van der Waals surface area (Å²) in [4.78, 5) is 28.8. The van der Waals surface area contributed by atoms with Gasteiger partial charge in [0.25, 0.3) is 5.91 Å². The van der Waals surface area contributed by atoms with Gasteiger partial charge in [0.05, 0.1) is 25.7 Å². The Morgan fingerprint density at radius 1 is 1.10 bits per heavy atom. The molecule has 2 aromatic rings. The summed E-state index contributed by atoms with van der Waals surface area (Å²) in [6, 6.07) is 17.3. The van der Waals surface area contributed by atoms with Gasteiger partial charge in [-0.1, -0.05) is 30.3 Å². The second kappa shape index (κ2) is 8.25. The van der Waals surface area contributed by atoms with Crippen molar-refractivity contribution in [3.8, 4) is 5.75 Å². The molecule has 2 amide bonds. The van der Waals surface area contributed by atoms with Crippen molar-refractivity contribution < 1.29 is 19.1 Å². The fourth-order valence-corrected chi connectivity index (χ4v) is 4.09. The van der Waals surface area contributed by atoms with E-state index in [-0.39, 0.29) is 24.0 Å². The molecular weight excluding hydrogens is 368 g/mol. The van der Waals surface area contributed by atoms with Crippen molar-refractivity contribution in [1.29, 1.82) is 0 Å². The van der Waals surface area contributed by atoms with Crippen LogP contribution in [0.15, 0.2) is 54.6 Å². The number of amides is 2. The van der Waals surface area contributed by atoms with Gasteiger partial charge >= 0.3 is 0 Å². The third-order valence-corrected chi connectivity index (χ3v) is 5.83. The highest BCUT2D eigenvalue weighted by atomic mass is 16.5. The normalized spacial score (nSPS) is 18.7. The fourth-order valence-electron chi connectivity index (χ4n) is 4.09. The van der Waals surface area contributed by atoms with Crippen molar-refractivity contribution in [3.63, 3.8) is 0 Å². The van der Waals surface area contributed by atoms with Gasteiger partial charge in [-0.15, -0.1) is 0 Å². The first kappa shape index (κ1) is 19.5. The van der Waals surface area contributed by atoms with E-state index in [4.69, 9.17) is 9.47 Å². The smallest absolute Gasteiger partial charge is 0.253 e. The zero-order valence-corrected chi connectivity index (χ0v) is 16.7. The standard InChI is InChI=1S/C23H26N2O4/c1-28-20-9-5-6-18(14-20)15-21(26)24-12-10-23(11-13-24)17-25(22(27)16-29-23)19-7-3-2-4-8-19/h2-9,14H,10-13,15-17H2,1H3. The van der Waals surface area contributed by atoms with Crippen molar-refractivity contribution in [1.82, 2.24) is 4.90 Å². The van der Waals surface area contributed by atoms with E-state index in [9.17, 15) is 9.59 Å². The minimum atomic E-state index is -0.378. The molecule has 29 heavy (non-hydrogen) atoms. The van der Waals surface area contributed by atoms with Crippen molar-refractivity contribution in [3.05, 3.63) is 60.2 Å². The van der Waals surface area contributed by atoms with E-state index in [1.807, 2.05) is 64.4 Å². The van der Waals surface area contributed by atoms with Crippen LogP contribution in [-0.2, 0) is 20.7 Å². The number of carbonyl (C=O) groups excluding carboxylic acids is 2. The Hall–Kier alpha value is -2.86. The highest BCUT2D eigenvalue weighted by Crippen LogP contribution is 2.33. The summed E-state index contributed by atoms with van der Waals surface area (Å²) < 4.78 is 11.2. The Labute approximate surface area is 171 Å². The van der Waals surface area contributed by atoms with Gasteiger partial charge in [0.15, 0.2) is 0 Å². The number of hydrogen-bond donors (Lipinski definition) is 0. The summed E-state index contributed by atoms with van der Waals surface area (Å²) in [5, 5.41) is 0. The molecule has 2 fully saturated rings. The summed E-state index contributed by atoms with van der Waals surface area (Å²) in [7, 11) is 1.62. The number of rotatable bonds is 4. The molecular formula is C23H26N2O4. The number of ether oxygens (including phenoxy) is 2. The van der Waals surface area contributed by atoms with Crippen LogP contribution in [0.2, 0.25) is 0 Å². The van der Waals surface area contributed by atoms with E-state index in [2.05, 4.69) is 0 Å². The highest BCUT2D eigenvalue weighted by molar-refractivity contribution is 5.95. The summed E-state index contributed by atoms with van der Waals surface area (Å²) in [5.41, 5.74) is 1.47. The first-order valence-electron chi connectivity index (χ1n) is 9.99. The second-order valence-electron chi connectivity index (χ2n) is 7.70. The van der Waals surface area contributed by atoms with Gasteiger partial charge in [-0.05, 0) is 42.7 Å². The molecule has 4 rings (SSSR count). The van der Waals surface area contributed by atoms with E-state index >= 15 is 0 Å². The monoisotopic (exact) mass is 394 g/mol. The third-order valence-electron chi connectivity index (χ3n) is 5.83. The minimum Gasteiger partial charge on any atom is -0.497 e. The second-order valence-corrected chi connectivity index (χ2v) is 7.70. The first-order valence-corrected chi connectivity index (χ1v) is 9.99. The van der Waals surface area contributed by atoms with Gasteiger partial charge < -0.3 is 19.3 Å². The van der Waals surface area contributed by atoms with Crippen LogP contribution in [-0.4, -0.2) is 55.7 Å². The number of methoxy groups -OCH3 is 1. The lowest BCUT2D eigenvalue weighted by atomic mass is 9.88. The Balaban J connectivity index is 1.38. The molecule has 0 aliphatic carbocycles. The van der Waals surface area contributed by atoms with E-state index in [1.165, 1.54) is 0 Å². The third kappa shape index (κ3) is 4.27. The first-order chi connectivity index (χ1) is 14.1. The molecule has 0 unspecified atom stereocenters. The number of hydrogen-bond acceptors (Lipinski definition) is 4. The molecule has 2 aliphatic heterocycles. The van der Waals surface area contributed by atoms with Crippen LogP contribution in [0.5, 0.6) is 5.75 Å². The van der Waals surface area contributed by atoms with Gasteiger partial charge in [0.2, 0.25) is 5.91 Å². The van der Waals surface area contributed by atoms with Crippen LogP contribution in [0.4, 0.5) is 5.69 Å². The van der Waals surface area contributed by atoms with Gasteiger partial charge in [-0.3, -0.25) is 9.59 Å². The Morgan fingerprint density at radius 3 is 2.59 bits per heavy atom. The van der Waals surface area contributed by atoms with Crippen LogP contribution < -0.4 is 9.64 Å². The SMILES string of the molecule is COc1cccc(CC(=O)N2CCC3(CC2)CN(c2ccccc2)C(=O)CO3)c1. The maximum atomic E-state index is 12.8. The molecule has 2 aliphatic rings. The van der Waals surface area contributed by atoms with E-state index in [0.29, 0.717) is 26.1 Å². The Kier molecular flexibility index (Phi) is 5.53. The van der Waals surface area contributed by atoms with Crippen LogP contribution in [0.3, 0.4) is 0 Å². The van der Waals surface area contributed by atoms with Crippen LogP contribution in [0.25, 0.3) is 0 Å². The highest BCUT2D eigenvalue weighted by Gasteiger charge is 2.43. The van der Waals surface area contributed by atoms with E-state index < -0.39 is 0 Å². The molecule has 2 aromatic carbocycles. The predicted octanol–water partition coefficient (Wildman–Crippen LogP) is 2.66. The molecule has 2 heterocycles. The Morgan fingerprint density at radius 2 is 1.86 bits per heavy atom. The molecule has 6 heteroatoms. The lowest BCUT2D eigenvalue weighted by Gasteiger charge is -2.47. The minimum absolute atomic E-state index is 0.0154. The lowest BCUT2D eigenvalue weighted by Crippen LogP contribution is -2.59. The number of para-hydroxylation sites is 1. The van der Waals surface area contributed by atoms with Crippen LogP contribution in [0.1, 0.15) is 18.4 Å². The molecule has 1 spiro atoms. The molecule has 0 aromatic heterocycles. The Bertz CT molecular complexity index is 875. The number of likely N-dealkylation sites (tertiary alicyclic amines) is 1. The molecule has 2 saturated heterocycles. The molecule has 0 N–H and O–H groups in total. The quantitative estimate of drug-likeness (QED) is 0.800. The summed E-state index contributed by atoms with van der Waals surface area (Å²) in [6.45, 7) is 1.90. The number of nitrogens with zero attached hydrogens (tertiary/aromatic N) is 2. The average Bonchev–Trinajstić information content (AvgIpc) is 2.77. The van der Waals surface area contributed by atoms with Crippen molar-refractivity contribution in [2.75, 3.05) is 38.3 Å². The van der Waals surface area contributed by atoms with E-state index in [1.54, 1.807) is 7.11 Å². The van der Waals surface area contributed by atoms with Gasteiger partial charge in [0.1, 0.15) is 12.4 Å². The number of piperidine rings is 1. The van der Waals surface area contributed by atoms with Gasteiger partial charge in [0, 0.05) is 18.8 Å². The molecule has 0 saturated carbocycles. The average molecular weight is 394 g/mol. The largest absolute Gasteiger partial charge is 0.497 e. The van der Waals surface area contributed by atoms with Gasteiger partial charge in [-0.2, -0.15) is 0 Å². The van der Waals surface area contributed by atoms with Gasteiger partial charge in [-0.25, -0.2) is 0 Å². The topological polar surface area (TPSA) is 59.1 Å². The van der Waals surface area contributed by atoms with Crippen LogP contribution >= 0.6 is 0 Å². The number of carbonyl (C=O) groups is 2.